The standard InChI is InChI=1S/C13H19N3O3/c1-8-4-10(14)9(5-15-8)13(17)16-6-11(18-2)12(7-16)19-3/h4-5,11-12H,6-7H2,1-3H3,(H2,14,15). The van der Waals surface area contributed by atoms with Crippen molar-refractivity contribution in [1.82, 2.24) is 9.88 Å². The first-order valence-electron chi connectivity index (χ1n) is 6.13. The van der Waals surface area contributed by atoms with Crippen LogP contribution in [0.1, 0.15) is 16.1 Å². The van der Waals surface area contributed by atoms with E-state index >= 15 is 0 Å². The van der Waals surface area contributed by atoms with Crippen LogP contribution in [0.2, 0.25) is 0 Å². The zero-order valence-electron chi connectivity index (χ0n) is 11.4. The van der Waals surface area contributed by atoms with E-state index in [1.165, 1.54) is 6.20 Å². The summed E-state index contributed by atoms with van der Waals surface area (Å²) in [7, 11) is 3.24. The smallest absolute Gasteiger partial charge is 0.257 e. The maximum Gasteiger partial charge on any atom is 0.257 e. The summed E-state index contributed by atoms with van der Waals surface area (Å²) in [5, 5.41) is 0. The summed E-state index contributed by atoms with van der Waals surface area (Å²) in [5.41, 5.74) is 7.55. The van der Waals surface area contributed by atoms with E-state index in [1.807, 2.05) is 6.92 Å². The Balaban J connectivity index is 2.17. The molecule has 1 saturated heterocycles. The number of methoxy groups -OCH3 is 2. The zero-order chi connectivity index (χ0) is 14.0. The van der Waals surface area contributed by atoms with Crippen molar-refractivity contribution in [3.05, 3.63) is 23.5 Å². The van der Waals surface area contributed by atoms with Gasteiger partial charge in [0.2, 0.25) is 0 Å². The Kier molecular flexibility index (Phi) is 4.01. The third kappa shape index (κ3) is 2.69. The maximum absolute atomic E-state index is 12.4. The molecule has 1 aromatic heterocycles. The van der Waals surface area contributed by atoms with Crippen LogP contribution >= 0.6 is 0 Å². The van der Waals surface area contributed by atoms with Gasteiger partial charge in [0.15, 0.2) is 0 Å². The molecule has 1 fully saturated rings. The van der Waals surface area contributed by atoms with Crippen LogP contribution in [0.15, 0.2) is 12.3 Å². The van der Waals surface area contributed by atoms with Gasteiger partial charge in [-0.05, 0) is 13.0 Å². The molecule has 2 rings (SSSR count). The Morgan fingerprint density at radius 2 is 1.95 bits per heavy atom. The number of nitrogens with zero attached hydrogens (tertiary/aromatic N) is 2. The molecule has 2 unspecified atom stereocenters. The number of likely N-dealkylation sites (tertiary alicyclic amines) is 1. The highest BCUT2D eigenvalue weighted by atomic mass is 16.5. The Hall–Kier alpha value is -1.66. The molecule has 2 N–H and O–H groups in total. The number of aromatic nitrogens is 1. The Morgan fingerprint density at radius 3 is 2.42 bits per heavy atom. The molecule has 104 valence electrons. The van der Waals surface area contributed by atoms with Gasteiger partial charge in [-0.25, -0.2) is 0 Å². The van der Waals surface area contributed by atoms with Crippen molar-refractivity contribution in [3.8, 4) is 0 Å². The lowest BCUT2D eigenvalue weighted by molar-refractivity contribution is -0.00461. The SMILES string of the molecule is COC1CN(C(=O)c2cnc(C)cc2N)CC1OC. The van der Waals surface area contributed by atoms with Crippen LogP contribution in [0.4, 0.5) is 5.69 Å². The summed E-state index contributed by atoms with van der Waals surface area (Å²) >= 11 is 0. The molecular formula is C13H19N3O3. The van der Waals surface area contributed by atoms with Gasteiger partial charge in [0, 0.05) is 44.9 Å². The van der Waals surface area contributed by atoms with E-state index in [9.17, 15) is 4.79 Å². The van der Waals surface area contributed by atoms with Gasteiger partial charge < -0.3 is 20.1 Å². The van der Waals surface area contributed by atoms with Crippen LogP contribution in [0, 0.1) is 6.92 Å². The van der Waals surface area contributed by atoms with Gasteiger partial charge in [0.05, 0.1) is 5.56 Å². The van der Waals surface area contributed by atoms with Crippen molar-refractivity contribution in [1.29, 1.82) is 0 Å². The third-order valence-corrected chi connectivity index (χ3v) is 3.41. The van der Waals surface area contributed by atoms with Crippen LogP contribution < -0.4 is 5.73 Å². The molecule has 6 heteroatoms. The molecule has 1 aromatic rings. The molecule has 0 bridgehead atoms. The molecule has 1 aliphatic rings. The quantitative estimate of drug-likeness (QED) is 0.859. The molecule has 2 heterocycles. The first kappa shape index (κ1) is 13.8. The second-order valence-electron chi connectivity index (χ2n) is 4.67. The van der Waals surface area contributed by atoms with Crippen molar-refractivity contribution in [2.75, 3.05) is 33.0 Å². The summed E-state index contributed by atoms with van der Waals surface area (Å²) in [5.74, 6) is -0.133. The molecular weight excluding hydrogens is 246 g/mol. The minimum atomic E-state index is -0.133. The number of pyridine rings is 1. The fourth-order valence-electron chi connectivity index (χ4n) is 2.29. The van der Waals surface area contributed by atoms with E-state index in [0.717, 1.165) is 5.69 Å². The maximum atomic E-state index is 12.4. The van der Waals surface area contributed by atoms with Crippen LogP contribution in [0.25, 0.3) is 0 Å². The van der Waals surface area contributed by atoms with Gasteiger partial charge in [-0.3, -0.25) is 9.78 Å². The predicted molar refractivity (Wildman–Crippen MR) is 70.9 cm³/mol. The average molecular weight is 265 g/mol. The molecule has 1 amide bonds. The minimum absolute atomic E-state index is 0.103. The molecule has 0 aliphatic carbocycles. The predicted octanol–water partition coefficient (Wildman–Crippen LogP) is 0.458. The lowest BCUT2D eigenvalue weighted by Gasteiger charge is -2.16. The van der Waals surface area contributed by atoms with Crippen molar-refractivity contribution in [2.24, 2.45) is 0 Å². The normalized spacial score (nSPS) is 22.8. The molecule has 19 heavy (non-hydrogen) atoms. The van der Waals surface area contributed by atoms with Crippen molar-refractivity contribution in [3.63, 3.8) is 0 Å². The number of nitrogen functional groups attached to an aromatic ring is 1. The molecule has 6 nitrogen and oxygen atoms in total. The van der Waals surface area contributed by atoms with Crippen molar-refractivity contribution >= 4 is 11.6 Å². The van der Waals surface area contributed by atoms with Crippen LogP contribution in [0.5, 0.6) is 0 Å². The Labute approximate surface area is 112 Å². The largest absolute Gasteiger partial charge is 0.398 e. The van der Waals surface area contributed by atoms with E-state index < -0.39 is 0 Å². The number of hydrogen-bond donors (Lipinski definition) is 1. The zero-order valence-corrected chi connectivity index (χ0v) is 11.4. The fourth-order valence-corrected chi connectivity index (χ4v) is 2.29. The second kappa shape index (κ2) is 5.54. The monoisotopic (exact) mass is 265 g/mol. The topological polar surface area (TPSA) is 77.7 Å². The summed E-state index contributed by atoms with van der Waals surface area (Å²) in [4.78, 5) is 18.2. The molecule has 1 aliphatic heterocycles. The van der Waals surface area contributed by atoms with E-state index in [2.05, 4.69) is 4.98 Å². The lowest BCUT2D eigenvalue weighted by atomic mass is 10.2. The number of amides is 1. The number of nitrogens with two attached hydrogens (primary N) is 1. The lowest BCUT2D eigenvalue weighted by Crippen LogP contribution is -2.30. The molecule has 2 atom stereocenters. The van der Waals surface area contributed by atoms with Gasteiger partial charge in [-0.2, -0.15) is 0 Å². The van der Waals surface area contributed by atoms with Crippen LogP contribution in [-0.2, 0) is 9.47 Å². The average Bonchev–Trinajstić information content (AvgIpc) is 2.81. The number of carbonyl (C=O) groups excluding carboxylic acids is 1. The summed E-state index contributed by atoms with van der Waals surface area (Å²) < 4.78 is 10.6. The Morgan fingerprint density at radius 1 is 1.37 bits per heavy atom. The van der Waals surface area contributed by atoms with Gasteiger partial charge in [0.25, 0.3) is 5.91 Å². The number of hydrogen-bond acceptors (Lipinski definition) is 5. The van der Waals surface area contributed by atoms with Gasteiger partial charge in [-0.15, -0.1) is 0 Å². The Bertz CT molecular complexity index is 466. The van der Waals surface area contributed by atoms with Crippen molar-refractivity contribution < 1.29 is 14.3 Å². The molecule has 0 spiro atoms. The molecule has 0 aromatic carbocycles. The number of ether oxygens (including phenoxy) is 2. The third-order valence-electron chi connectivity index (χ3n) is 3.41. The molecule has 0 radical (unpaired) electrons. The van der Waals surface area contributed by atoms with Gasteiger partial charge in [-0.1, -0.05) is 0 Å². The number of anilines is 1. The van der Waals surface area contributed by atoms with E-state index in [4.69, 9.17) is 15.2 Å². The summed E-state index contributed by atoms with van der Waals surface area (Å²) in [6, 6.07) is 1.70. The fraction of sp³-hybridized carbons (Fsp3) is 0.538. The highest BCUT2D eigenvalue weighted by Gasteiger charge is 2.36. The van der Waals surface area contributed by atoms with E-state index in [0.29, 0.717) is 24.3 Å². The second-order valence-corrected chi connectivity index (χ2v) is 4.67. The minimum Gasteiger partial charge on any atom is -0.398 e. The van der Waals surface area contributed by atoms with Gasteiger partial charge >= 0.3 is 0 Å². The highest BCUT2D eigenvalue weighted by Crippen LogP contribution is 2.20. The van der Waals surface area contributed by atoms with E-state index in [-0.39, 0.29) is 18.1 Å². The number of rotatable bonds is 3. The first-order chi connectivity index (χ1) is 9.06. The summed E-state index contributed by atoms with van der Waals surface area (Å²) in [6.45, 7) is 2.84. The van der Waals surface area contributed by atoms with Gasteiger partial charge in [0.1, 0.15) is 12.2 Å². The number of aryl methyl sites for hydroxylation is 1. The van der Waals surface area contributed by atoms with Crippen molar-refractivity contribution in [2.45, 2.75) is 19.1 Å². The van der Waals surface area contributed by atoms with Crippen LogP contribution in [0.3, 0.4) is 0 Å². The number of carbonyl (C=O) groups is 1. The highest BCUT2D eigenvalue weighted by molar-refractivity contribution is 5.99. The first-order valence-corrected chi connectivity index (χ1v) is 6.13. The van der Waals surface area contributed by atoms with Crippen LogP contribution in [-0.4, -0.2) is 55.3 Å². The molecule has 0 saturated carbocycles. The van der Waals surface area contributed by atoms with E-state index in [1.54, 1.807) is 25.2 Å². The summed E-state index contributed by atoms with van der Waals surface area (Å²) in [6.07, 6.45) is 1.32.